The van der Waals surface area contributed by atoms with Crippen molar-refractivity contribution in [2.24, 2.45) is 0 Å². The lowest BCUT2D eigenvalue weighted by molar-refractivity contribution is 1.09. The monoisotopic (exact) mass is 244 g/mol. The minimum Gasteiger partial charge on any atom is -0.0732 e. The standard InChI is InChI=1S/C19H16/c1-3-9-16(10-4-1)18-13-7-8-14-19(15-18)17-11-5-2-6-12-17/h1-15,18H. The molecule has 0 saturated carbocycles. The van der Waals surface area contributed by atoms with E-state index in [9.17, 15) is 0 Å². The molecule has 0 amide bonds. The first-order valence-corrected chi connectivity index (χ1v) is 6.60. The molecule has 0 radical (unpaired) electrons. The Bertz CT molecular complexity index is 616. The maximum Gasteiger partial charge on any atom is 0.0210 e. The molecule has 19 heavy (non-hydrogen) atoms. The van der Waals surface area contributed by atoms with Crippen LogP contribution in [0.1, 0.15) is 17.0 Å². The first-order chi connectivity index (χ1) is 9.43. The molecule has 92 valence electrons. The van der Waals surface area contributed by atoms with Crippen molar-refractivity contribution in [2.45, 2.75) is 5.92 Å². The second kappa shape index (κ2) is 5.53. The molecule has 0 aromatic heterocycles. The predicted molar refractivity (Wildman–Crippen MR) is 81.9 cm³/mol. The lowest BCUT2D eigenvalue weighted by Crippen LogP contribution is -1.91. The van der Waals surface area contributed by atoms with Crippen molar-refractivity contribution < 1.29 is 0 Å². The molecule has 0 saturated heterocycles. The van der Waals surface area contributed by atoms with E-state index in [-0.39, 0.29) is 0 Å². The molecule has 0 N–H and O–H groups in total. The number of allylic oxidation sites excluding steroid dienone is 6. The predicted octanol–water partition coefficient (Wildman–Crippen LogP) is 4.98. The Morgan fingerprint density at radius 3 is 2.11 bits per heavy atom. The Hall–Kier alpha value is -2.34. The Morgan fingerprint density at radius 1 is 0.684 bits per heavy atom. The maximum atomic E-state index is 2.32. The van der Waals surface area contributed by atoms with Gasteiger partial charge in [0.25, 0.3) is 0 Å². The van der Waals surface area contributed by atoms with Gasteiger partial charge in [-0.3, -0.25) is 0 Å². The average Bonchev–Trinajstić information content (AvgIpc) is 2.75. The topological polar surface area (TPSA) is 0 Å². The summed E-state index contributed by atoms with van der Waals surface area (Å²) in [6.45, 7) is 0. The van der Waals surface area contributed by atoms with Crippen LogP contribution in [0, 0.1) is 0 Å². The van der Waals surface area contributed by atoms with E-state index in [0.717, 1.165) is 0 Å². The van der Waals surface area contributed by atoms with Crippen LogP contribution in [0.25, 0.3) is 5.57 Å². The molecule has 0 spiro atoms. The maximum absolute atomic E-state index is 2.32. The highest BCUT2D eigenvalue weighted by Gasteiger charge is 2.08. The van der Waals surface area contributed by atoms with E-state index >= 15 is 0 Å². The third-order valence-corrected chi connectivity index (χ3v) is 3.36. The van der Waals surface area contributed by atoms with Crippen LogP contribution in [0.3, 0.4) is 0 Å². The van der Waals surface area contributed by atoms with Gasteiger partial charge in [-0.05, 0) is 16.7 Å². The third kappa shape index (κ3) is 2.74. The Morgan fingerprint density at radius 2 is 1.37 bits per heavy atom. The van der Waals surface area contributed by atoms with Crippen LogP contribution in [0.4, 0.5) is 0 Å². The lowest BCUT2D eigenvalue weighted by atomic mass is 9.95. The van der Waals surface area contributed by atoms with Gasteiger partial charge < -0.3 is 0 Å². The smallest absolute Gasteiger partial charge is 0.0210 e. The molecule has 1 unspecified atom stereocenters. The Kier molecular flexibility index (Phi) is 3.42. The Balaban J connectivity index is 1.99. The van der Waals surface area contributed by atoms with E-state index in [1.165, 1.54) is 16.7 Å². The molecule has 0 nitrogen and oxygen atoms in total. The van der Waals surface area contributed by atoms with Crippen molar-refractivity contribution in [1.82, 2.24) is 0 Å². The molecule has 1 aliphatic rings. The highest BCUT2D eigenvalue weighted by Crippen LogP contribution is 2.27. The van der Waals surface area contributed by atoms with Gasteiger partial charge in [0.05, 0.1) is 0 Å². The van der Waals surface area contributed by atoms with Gasteiger partial charge in [0.1, 0.15) is 0 Å². The molecule has 0 bridgehead atoms. The molecule has 1 atom stereocenters. The van der Waals surface area contributed by atoms with E-state index in [1.807, 2.05) is 0 Å². The lowest BCUT2D eigenvalue weighted by Gasteiger charge is -2.10. The summed E-state index contributed by atoms with van der Waals surface area (Å²) in [5.74, 6) is 0.339. The minimum absolute atomic E-state index is 0.339. The summed E-state index contributed by atoms with van der Waals surface area (Å²) in [6.07, 6.45) is 11.0. The average molecular weight is 244 g/mol. The Labute approximate surface area is 114 Å². The molecule has 0 fully saturated rings. The zero-order chi connectivity index (χ0) is 12.9. The summed E-state index contributed by atoms with van der Waals surface area (Å²) < 4.78 is 0. The van der Waals surface area contributed by atoms with Crippen LogP contribution >= 0.6 is 0 Å². The van der Waals surface area contributed by atoms with E-state index in [1.54, 1.807) is 0 Å². The molecule has 0 heterocycles. The van der Waals surface area contributed by atoms with E-state index in [0.29, 0.717) is 5.92 Å². The number of hydrogen-bond donors (Lipinski definition) is 0. The van der Waals surface area contributed by atoms with Crippen molar-refractivity contribution in [2.75, 3.05) is 0 Å². The van der Waals surface area contributed by atoms with Gasteiger partial charge in [-0.15, -0.1) is 0 Å². The number of rotatable bonds is 2. The van der Waals surface area contributed by atoms with Crippen LogP contribution in [0.2, 0.25) is 0 Å². The van der Waals surface area contributed by atoms with Crippen molar-refractivity contribution in [3.05, 3.63) is 102 Å². The summed E-state index contributed by atoms with van der Waals surface area (Å²) >= 11 is 0. The van der Waals surface area contributed by atoms with Crippen LogP contribution in [0.5, 0.6) is 0 Å². The molecule has 3 rings (SSSR count). The van der Waals surface area contributed by atoms with Crippen molar-refractivity contribution in [3.63, 3.8) is 0 Å². The molecule has 1 aliphatic carbocycles. The highest BCUT2D eigenvalue weighted by atomic mass is 14.1. The van der Waals surface area contributed by atoms with E-state index < -0.39 is 0 Å². The third-order valence-electron chi connectivity index (χ3n) is 3.36. The van der Waals surface area contributed by atoms with Gasteiger partial charge in [-0.2, -0.15) is 0 Å². The van der Waals surface area contributed by atoms with Crippen molar-refractivity contribution in [1.29, 1.82) is 0 Å². The molecule has 2 aromatic rings. The summed E-state index contributed by atoms with van der Waals surface area (Å²) in [5, 5.41) is 0. The zero-order valence-corrected chi connectivity index (χ0v) is 10.7. The summed E-state index contributed by atoms with van der Waals surface area (Å²) in [5.41, 5.74) is 3.87. The second-order valence-corrected chi connectivity index (χ2v) is 4.67. The molecule has 0 heteroatoms. The quantitative estimate of drug-likeness (QED) is 0.699. The van der Waals surface area contributed by atoms with Gasteiger partial charge in [-0.1, -0.05) is 91.0 Å². The first kappa shape index (κ1) is 11.7. The van der Waals surface area contributed by atoms with Crippen molar-refractivity contribution in [3.8, 4) is 0 Å². The largest absolute Gasteiger partial charge is 0.0732 e. The van der Waals surface area contributed by atoms with Crippen LogP contribution in [-0.4, -0.2) is 0 Å². The zero-order valence-electron chi connectivity index (χ0n) is 10.7. The summed E-state index contributed by atoms with van der Waals surface area (Å²) in [7, 11) is 0. The van der Waals surface area contributed by atoms with Crippen LogP contribution in [-0.2, 0) is 0 Å². The normalized spacial score (nSPS) is 17.9. The fraction of sp³-hybridized carbons (Fsp3) is 0.0526. The molecule has 0 aliphatic heterocycles. The minimum atomic E-state index is 0.339. The van der Waals surface area contributed by atoms with Crippen molar-refractivity contribution >= 4 is 5.57 Å². The van der Waals surface area contributed by atoms with Gasteiger partial charge in [0.2, 0.25) is 0 Å². The van der Waals surface area contributed by atoms with Gasteiger partial charge in [0, 0.05) is 5.92 Å². The second-order valence-electron chi connectivity index (χ2n) is 4.67. The number of hydrogen-bond acceptors (Lipinski definition) is 0. The number of benzene rings is 2. The summed E-state index contributed by atoms with van der Waals surface area (Å²) in [4.78, 5) is 0. The van der Waals surface area contributed by atoms with Gasteiger partial charge in [0.15, 0.2) is 0 Å². The first-order valence-electron chi connectivity index (χ1n) is 6.60. The van der Waals surface area contributed by atoms with E-state index in [4.69, 9.17) is 0 Å². The van der Waals surface area contributed by atoms with Gasteiger partial charge in [-0.25, -0.2) is 0 Å². The van der Waals surface area contributed by atoms with Gasteiger partial charge >= 0.3 is 0 Å². The molecular formula is C19H16. The van der Waals surface area contributed by atoms with Crippen LogP contribution < -0.4 is 0 Å². The fourth-order valence-corrected chi connectivity index (χ4v) is 2.35. The molecular weight excluding hydrogens is 228 g/mol. The fourth-order valence-electron chi connectivity index (χ4n) is 2.35. The SMILES string of the molecule is C1=CC(c2ccccc2)=CC(c2ccccc2)C=C1. The summed E-state index contributed by atoms with van der Waals surface area (Å²) in [6, 6.07) is 21.1. The highest BCUT2D eigenvalue weighted by molar-refractivity contribution is 5.76. The van der Waals surface area contributed by atoms with E-state index in [2.05, 4.69) is 91.0 Å². The molecule has 2 aromatic carbocycles. The van der Waals surface area contributed by atoms with Crippen LogP contribution in [0.15, 0.2) is 91.0 Å².